The number of nitrogens with zero attached hydrogens (tertiary/aromatic N) is 4. The Hall–Kier alpha value is -1.70. The Bertz CT molecular complexity index is 856. The van der Waals surface area contributed by atoms with E-state index in [4.69, 9.17) is 11.6 Å². The van der Waals surface area contributed by atoms with Gasteiger partial charge in [-0.1, -0.05) is 37.6 Å². The van der Waals surface area contributed by atoms with Crippen LogP contribution in [0.15, 0.2) is 35.2 Å². The predicted octanol–water partition coefficient (Wildman–Crippen LogP) is 3.07. The van der Waals surface area contributed by atoms with Gasteiger partial charge in [0.05, 0.1) is 4.90 Å². The number of hydrogen-bond acceptors (Lipinski definition) is 5. The van der Waals surface area contributed by atoms with E-state index in [1.165, 1.54) is 4.31 Å². The van der Waals surface area contributed by atoms with Crippen molar-refractivity contribution in [3.05, 3.63) is 46.9 Å². The summed E-state index contributed by atoms with van der Waals surface area (Å²) in [7, 11) is -3.48. The van der Waals surface area contributed by atoms with Crippen LogP contribution in [0, 0.1) is 6.92 Å². The van der Waals surface area contributed by atoms with E-state index in [2.05, 4.69) is 23.8 Å². The number of aryl methyl sites for hydroxylation is 1. The van der Waals surface area contributed by atoms with Crippen molar-refractivity contribution in [1.29, 1.82) is 0 Å². The third kappa shape index (κ3) is 4.00. The summed E-state index contributed by atoms with van der Waals surface area (Å²) in [5, 5.41) is 0.396. The third-order valence-corrected chi connectivity index (χ3v) is 6.65. The van der Waals surface area contributed by atoms with Crippen LogP contribution in [0.3, 0.4) is 0 Å². The number of hydrogen-bond donors (Lipinski definition) is 0. The van der Waals surface area contributed by atoms with Crippen molar-refractivity contribution in [3.63, 3.8) is 0 Å². The molecule has 0 spiro atoms. The van der Waals surface area contributed by atoms with Crippen LogP contribution in [-0.2, 0) is 10.0 Å². The lowest BCUT2D eigenvalue weighted by Gasteiger charge is -2.34. The summed E-state index contributed by atoms with van der Waals surface area (Å²) in [4.78, 5) is 10.8. The molecule has 0 aliphatic carbocycles. The molecule has 1 aliphatic heterocycles. The zero-order chi connectivity index (χ0) is 18.9. The molecule has 140 valence electrons. The fourth-order valence-corrected chi connectivity index (χ4v) is 4.65. The van der Waals surface area contributed by atoms with Crippen molar-refractivity contribution >= 4 is 27.4 Å². The summed E-state index contributed by atoms with van der Waals surface area (Å²) in [5.74, 6) is 1.71. The molecule has 6 nitrogen and oxygen atoms in total. The zero-order valence-corrected chi connectivity index (χ0v) is 16.8. The van der Waals surface area contributed by atoms with Crippen molar-refractivity contribution in [2.24, 2.45) is 0 Å². The molecule has 2 aromatic rings. The number of rotatable bonds is 4. The molecule has 0 bridgehead atoms. The van der Waals surface area contributed by atoms with Gasteiger partial charge in [0.2, 0.25) is 10.0 Å². The highest BCUT2D eigenvalue weighted by molar-refractivity contribution is 7.89. The van der Waals surface area contributed by atoms with Gasteiger partial charge in [-0.25, -0.2) is 18.4 Å². The summed E-state index contributed by atoms with van der Waals surface area (Å²) in [6.07, 6.45) is 0. The predicted molar refractivity (Wildman–Crippen MR) is 103 cm³/mol. The Labute approximate surface area is 159 Å². The lowest BCUT2D eigenvalue weighted by Crippen LogP contribution is -2.49. The first kappa shape index (κ1) is 19.1. The quantitative estimate of drug-likeness (QED) is 0.745. The molecule has 0 amide bonds. The minimum Gasteiger partial charge on any atom is -0.354 e. The Morgan fingerprint density at radius 3 is 2.19 bits per heavy atom. The van der Waals surface area contributed by atoms with Gasteiger partial charge in [0.15, 0.2) is 0 Å². The van der Waals surface area contributed by atoms with E-state index >= 15 is 0 Å². The van der Waals surface area contributed by atoms with Gasteiger partial charge in [-0.15, -0.1) is 0 Å². The molecule has 3 rings (SSSR count). The molecule has 1 saturated heterocycles. The maximum atomic E-state index is 12.9. The highest BCUT2D eigenvalue weighted by Crippen LogP contribution is 2.23. The van der Waals surface area contributed by atoms with E-state index in [0.717, 1.165) is 11.4 Å². The first-order chi connectivity index (χ1) is 12.3. The van der Waals surface area contributed by atoms with E-state index in [0.29, 0.717) is 48.0 Å². The van der Waals surface area contributed by atoms with E-state index in [-0.39, 0.29) is 0 Å². The lowest BCUT2D eigenvalue weighted by atomic mass is 10.0. The Morgan fingerprint density at radius 2 is 1.65 bits per heavy atom. The van der Waals surface area contributed by atoms with Crippen molar-refractivity contribution in [2.45, 2.75) is 31.6 Å². The molecule has 26 heavy (non-hydrogen) atoms. The van der Waals surface area contributed by atoms with Crippen molar-refractivity contribution in [3.8, 4) is 0 Å². The van der Waals surface area contributed by atoms with Gasteiger partial charge in [-0.2, -0.15) is 4.31 Å². The SMILES string of the molecule is Cc1nc(Cl)cc(N2CCN(S(=O)(=O)c3ccc(C(C)C)cc3)CC2)n1. The molecule has 0 N–H and O–H groups in total. The molecule has 1 aromatic carbocycles. The highest BCUT2D eigenvalue weighted by atomic mass is 35.5. The average Bonchev–Trinajstić information content (AvgIpc) is 2.61. The Balaban J connectivity index is 1.72. The number of halogens is 1. The normalized spacial score (nSPS) is 16.3. The summed E-state index contributed by atoms with van der Waals surface area (Å²) < 4.78 is 27.3. The third-order valence-electron chi connectivity index (χ3n) is 4.54. The maximum Gasteiger partial charge on any atom is 0.243 e. The van der Waals surface area contributed by atoms with Crippen LogP contribution in [0.4, 0.5) is 5.82 Å². The lowest BCUT2D eigenvalue weighted by molar-refractivity contribution is 0.383. The summed E-state index contributed by atoms with van der Waals surface area (Å²) in [6.45, 7) is 7.92. The number of benzene rings is 1. The number of piperazine rings is 1. The smallest absolute Gasteiger partial charge is 0.243 e. The minimum atomic E-state index is -3.48. The summed E-state index contributed by atoms with van der Waals surface area (Å²) in [6, 6.07) is 8.89. The van der Waals surface area contributed by atoms with E-state index < -0.39 is 10.0 Å². The first-order valence-electron chi connectivity index (χ1n) is 8.63. The van der Waals surface area contributed by atoms with E-state index in [1.807, 2.05) is 17.0 Å². The van der Waals surface area contributed by atoms with Crippen LogP contribution in [0.2, 0.25) is 5.15 Å². The van der Waals surface area contributed by atoms with E-state index in [9.17, 15) is 8.42 Å². The molecule has 0 radical (unpaired) electrons. The van der Waals surface area contributed by atoms with Crippen molar-refractivity contribution in [2.75, 3.05) is 31.1 Å². The molecular weight excluding hydrogens is 372 g/mol. The molecular formula is C18H23ClN4O2S. The second-order valence-electron chi connectivity index (χ2n) is 6.71. The topological polar surface area (TPSA) is 66.4 Å². The van der Waals surface area contributed by atoms with E-state index in [1.54, 1.807) is 25.1 Å². The first-order valence-corrected chi connectivity index (χ1v) is 10.5. The van der Waals surface area contributed by atoms with Gasteiger partial charge >= 0.3 is 0 Å². The van der Waals surface area contributed by atoms with Gasteiger partial charge < -0.3 is 4.90 Å². The Kier molecular flexibility index (Phi) is 5.50. The van der Waals surface area contributed by atoms with Crippen LogP contribution in [0.25, 0.3) is 0 Å². The summed E-state index contributed by atoms with van der Waals surface area (Å²) in [5.41, 5.74) is 1.13. The standard InChI is InChI=1S/C18H23ClN4O2S/c1-13(2)15-4-6-16(7-5-15)26(24,25)23-10-8-22(9-11-23)18-12-17(19)20-14(3)21-18/h4-7,12-13H,8-11H2,1-3H3. The van der Waals surface area contributed by atoms with Crippen LogP contribution >= 0.6 is 11.6 Å². The number of sulfonamides is 1. The van der Waals surface area contributed by atoms with Crippen LogP contribution in [0.5, 0.6) is 0 Å². The van der Waals surface area contributed by atoms with Crippen LogP contribution in [-0.4, -0.2) is 48.9 Å². The largest absolute Gasteiger partial charge is 0.354 e. The highest BCUT2D eigenvalue weighted by Gasteiger charge is 2.29. The maximum absolute atomic E-state index is 12.9. The molecule has 0 unspecified atom stereocenters. The zero-order valence-electron chi connectivity index (χ0n) is 15.2. The number of aromatic nitrogens is 2. The van der Waals surface area contributed by atoms with Gasteiger partial charge in [0.1, 0.15) is 16.8 Å². The van der Waals surface area contributed by atoms with Gasteiger partial charge in [-0.05, 0) is 30.5 Å². The fraction of sp³-hybridized carbons (Fsp3) is 0.444. The molecule has 0 saturated carbocycles. The average molecular weight is 395 g/mol. The Morgan fingerprint density at radius 1 is 1.04 bits per heavy atom. The van der Waals surface area contributed by atoms with Gasteiger partial charge in [-0.3, -0.25) is 0 Å². The second-order valence-corrected chi connectivity index (χ2v) is 9.04. The molecule has 2 heterocycles. The van der Waals surface area contributed by atoms with Crippen molar-refractivity contribution < 1.29 is 8.42 Å². The molecule has 1 fully saturated rings. The van der Waals surface area contributed by atoms with Crippen LogP contribution in [0.1, 0.15) is 31.2 Å². The molecule has 1 aromatic heterocycles. The molecule has 1 aliphatic rings. The van der Waals surface area contributed by atoms with Gasteiger partial charge in [0.25, 0.3) is 0 Å². The van der Waals surface area contributed by atoms with Crippen molar-refractivity contribution in [1.82, 2.24) is 14.3 Å². The summed E-state index contributed by atoms with van der Waals surface area (Å²) >= 11 is 6.00. The molecule has 0 atom stereocenters. The van der Waals surface area contributed by atoms with Crippen LogP contribution < -0.4 is 4.90 Å². The monoisotopic (exact) mass is 394 g/mol. The fourth-order valence-electron chi connectivity index (χ4n) is 3.01. The number of anilines is 1. The van der Waals surface area contributed by atoms with Gasteiger partial charge in [0, 0.05) is 32.2 Å². The second kappa shape index (κ2) is 7.50. The minimum absolute atomic E-state index is 0.344. The molecule has 8 heteroatoms.